The van der Waals surface area contributed by atoms with Gasteiger partial charge in [-0.25, -0.2) is 18.0 Å². The summed E-state index contributed by atoms with van der Waals surface area (Å²) in [6.45, 7) is 2.27. The second-order valence-electron chi connectivity index (χ2n) is 7.26. The molecule has 0 N–H and O–H groups in total. The standard InChI is InChI=1S/C22H34O7S.Na/c1-2-3-4-5-6-7-8-9-12-16-28-21(23)19-14-10-11-15-20(19)22(24)29-17-13-18-30(25,26)27;/h10-11,14-15H,2-9,12-13,16-18H2,1H3,(H,25,26,27);/q;+1/p-1. The van der Waals surface area contributed by atoms with Crippen LogP contribution in [-0.4, -0.2) is 43.9 Å². The van der Waals surface area contributed by atoms with Gasteiger partial charge in [-0.1, -0.05) is 70.4 Å². The fourth-order valence-corrected chi connectivity index (χ4v) is 3.44. The number of benzene rings is 1. The Labute approximate surface area is 208 Å². The Morgan fingerprint density at radius 2 is 1.19 bits per heavy atom. The Morgan fingerprint density at radius 1 is 0.774 bits per heavy atom. The van der Waals surface area contributed by atoms with Crippen LogP contribution >= 0.6 is 0 Å². The van der Waals surface area contributed by atoms with Crippen LogP contribution < -0.4 is 29.6 Å². The second-order valence-corrected chi connectivity index (χ2v) is 8.78. The van der Waals surface area contributed by atoms with Gasteiger partial charge in [0, 0.05) is 5.75 Å². The first-order valence-electron chi connectivity index (χ1n) is 10.7. The average Bonchev–Trinajstić information content (AvgIpc) is 2.71. The van der Waals surface area contributed by atoms with E-state index in [4.69, 9.17) is 9.47 Å². The van der Waals surface area contributed by atoms with Gasteiger partial charge >= 0.3 is 41.5 Å². The molecule has 0 aromatic heterocycles. The van der Waals surface area contributed by atoms with Gasteiger partial charge in [-0.3, -0.25) is 0 Å². The summed E-state index contributed by atoms with van der Waals surface area (Å²) < 4.78 is 42.0. The van der Waals surface area contributed by atoms with Crippen LogP contribution in [0.4, 0.5) is 0 Å². The van der Waals surface area contributed by atoms with Crippen molar-refractivity contribution in [1.29, 1.82) is 0 Å². The van der Waals surface area contributed by atoms with Crippen LogP contribution in [0.3, 0.4) is 0 Å². The van der Waals surface area contributed by atoms with E-state index >= 15 is 0 Å². The number of unbranched alkanes of at least 4 members (excludes halogenated alkanes) is 8. The molecule has 0 aliphatic heterocycles. The molecule has 7 nitrogen and oxygen atoms in total. The number of hydrogen-bond acceptors (Lipinski definition) is 7. The molecule has 0 fully saturated rings. The summed E-state index contributed by atoms with van der Waals surface area (Å²) in [5.74, 6) is -1.96. The van der Waals surface area contributed by atoms with Crippen molar-refractivity contribution in [1.82, 2.24) is 0 Å². The van der Waals surface area contributed by atoms with Gasteiger partial charge in [0.1, 0.15) is 0 Å². The summed E-state index contributed by atoms with van der Waals surface area (Å²) in [7, 11) is -4.35. The van der Waals surface area contributed by atoms with E-state index in [0.29, 0.717) is 6.61 Å². The van der Waals surface area contributed by atoms with E-state index in [1.54, 1.807) is 12.1 Å². The summed E-state index contributed by atoms with van der Waals surface area (Å²) in [5.41, 5.74) is 0.162. The van der Waals surface area contributed by atoms with Crippen LogP contribution in [0.1, 0.15) is 91.8 Å². The fourth-order valence-electron chi connectivity index (χ4n) is 2.97. The molecule has 0 aliphatic rings. The molecule has 0 saturated carbocycles. The van der Waals surface area contributed by atoms with Crippen molar-refractivity contribution in [3.05, 3.63) is 35.4 Å². The molecular weight excluding hydrogens is 431 g/mol. The molecule has 0 unspecified atom stereocenters. The summed E-state index contributed by atoms with van der Waals surface area (Å²) in [5, 5.41) is 0. The van der Waals surface area contributed by atoms with Crippen molar-refractivity contribution in [2.75, 3.05) is 19.0 Å². The van der Waals surface area contributed by atoms with Crippen molar-refractivity contribution < 1.29 is 61.6 Å². The minimum atomic E-state index is -4.35. The van der Waals surface area contributed by atoms with Crippen LogP contribution in [0.2, 0.25) is 0 Å². The van der Waals surface area contributed by atoms with E-state index < -0.39 is 27.8 Å². The Balaban J connectivity index is 0.00000900. The van der Waals surface area contributed by atoms with Gasteiger partial charge in [-0.2, -0.15) is 0 Å². The molecule has 0 radical (unpaired) electrons. The maximum absolute atomic E-state index is 12.3. The van der Waals surface area contributed by atoms with Crippen LogP contribution in [-0.2, 0) is 19.6 Å². The molecule has 0 amide bonds. The van der Waals surface area contributed by atoms with Crippen molar-refractivity contribution in [3.63, 3.8) is 0 Å². The molecule has 0 saturated heterocycles. The number of ether oxygens (including phenoxy) is 2. The van der Waals surface area contributed by atoms with Crippen molar-refractivity contribution in [3.8, 4) is 0 Å². The molecule has 0 heterocycles. The van der Waals surface area contributed by atoms with Crippen molar-refractivity contribution >= 4 is 22.1 Å². The van der Waals surface area contributed by atoms with Crippen LogP contribution in [0.25, 0.3) is 0 Å². The van der Waals surface area contributed by atoms with Crippen LogP contribution in [0.5, 0.6) is 0 Å². The fraction of sp³-hybridized carbons (Fsp3) is 0.636. The second kappa shape index (κ2) is 17.6. The van der Waals surface area contributed by atoms with E-state index in [0.717, 1.165) is 19.3 Å². The smallest absolute Gasteiger partial charge is 0.748 e. The third-order valence-electron chi connectivity index (χ3n) is 4.62. The Hall–Kier alpha value is -0.930. The van der Waals surface area contributed by atoms with E-state index in [2.05, 4.69) is 6.92 Å². The minimum Gasteiger partial charge on any atom is -0.748 e. The molecule has 1 aromatic rings. The van der Waals surface area contributed by atoms with Gasteiger partial charge in [0.25, 0.3) is 0 Å². The number of esters is 2. The zero-order valence-corrected chi connectivity index (χ0v) is 21.6. The predicted molar refractivity (Wildman–Crippen MR) is 113 cm³/mol. The quantitative estimate of drug-likeness (QED) is 0.158. The van der Waals surface area contributed by atoms with Gasteiger partial charge in [-0.05, 0) is 25.0 Å². The third kappa shape index (κ3) is 14.7. The molecule has 170 valence electrons. The monoisotopic (exact) mass is 464 g/mol. The maximum atomic E-state index is 12.3. The van der Waals surface area contributed by atoms with Crippen LogP contribution in [0.15, 0.2) is 24.3 Å². The van der Waals surface area contributed by atoms with Gasteiger partial charge in [0.15, 0.2) is 0 Å². The van der Waals surface area contributed by atoms with E-state index in [9.17, 15) is 22.6 Å². The predicted octanol–water partition coefficient (Wildman–Crippen LogP) is 1.47. The van der Waals surface area contributed by atoms with Gasteiger partial charge < -0.3 is 14.0 Å². The van der Waals surface area contributed by atoms with Crippen LogP contribution in [0, 0.1) is 0 Å². The molecule has 0 atom stereocenters. The Morgan fingerprint density at radius 3 is 1.65 bits per heavy atom. The first kappa shape index (κ1) is 30.1. The van der Waals surface area contributed by atoms with Gasteiger partial charge in [0.2, 0.25) is 0 Å². The molecule has 0 aliphatic carbocycles. The van der Waals surface area contributed by atoms with E-state index in [1.807, 2.05) is 0 Å². The number of carbonyl (C=O) groups is 2. The Kier molecular flexibility index (Phi) is 17.1. The first-order chi connectivity index (χ1) is 14.3. The average molecular weight is 465 g/mol. The molecule has 0 bridgehead atoms. The summed E-state index contributed by atoms with van der Waals surface area (Å²) in [6, 6.07) is 6.14. The molecule has 31 heavy (non-hydrogen) atoms. The molecule has 1 aromatic carbocycles. The molecule has 1 rings (SSSR count). The van der Waals surface area contributed by atoms with Crippen molar-refractivity contribution in [2.24, 2.45) is 0 Å². The summed E-state index contributed by atoms with van der Waals surface area (Å²) in [6.07, 6.45) is 10.4. The normalized spacial score (nSPS) is 10.9. The zero-order chi connectivity index (χ0) is 22.2. The number of carbonyl (C=O) groups excluding carboxylic acids is 2. The van der Waals surface area contributed by atoms with E-state index in [-0.39, 0.29) is 53.7 Å². The largest absolute Gasteiger partial charge is 1.00 e. The Bertz CT molecular complexity index is 750. The van der Waals surface area contributed by atoms with Gasteiger partial charge in [0.05, 0.1) is 34.5 Å². The summed E-state index contributed by atoms with van der Waals surface area (Å²) in [4.78, 5) is 24.5. The maximum Gasteiger partial charge on any atom is 1.00 e. The van der Waals surface area contributed by atoms with E-state index in [1.165, 1.54) is 50.7 Å². The van der Waals surface area contributed by atoms with Gasteiger partial charge in [-0.15, -0.1) is 0 Å². The first-order valence-corrected chi connectivity index (χ1v) is 12.3. The number of hydrogen-bond donors (Lipinski definition) is 0. The molecule has 9 heteroatoms. The number of rotatable bonds is 16. The molecular formula is C22H33NaO7S. The SMILES string of the molecule is CCCCCCCCCCCOC(=O)c1ccccc1C(=O)OCCCS(=O)(=O)[O-].[Na+]. The summed E-state index contributed by atoms with van der Waals surface area (Å²) >= 11 is 0. The zero-order valence-electron chi connectivity index (χ0n) is 18.8. The van der Waals surface area contributed by atoms with Crippen molar-refractivity contribution in [2.45, 2.75) is 71.1 Å². The molecule has 0 spiro atoms. The minimum absolute atomic E-state index is 0. The topological polar surface area (TPSA) is 110 Å². The third-order valence-corrected chi connectivity index (χ3v) is 5.41.